The summed E-state index contributed by atoms with van der Waals surface area (Å²) >= 11 is 3.29. The van der Waals surface area contributed by atoms with Crippen LogP contribution in [0.15, 0.2) is 41.1 Å². The van der Waals surface area contributed by atoms with Gasteiger partial charge in [-0.15, -0.1) is 0 Å². The highest BCUT2D eigenvalue weighted by Gasteiger charge is 2.05. The van der Waals surface area contributed by atoms with Crippen LogP contribution in [0, 0.1) is 0 Å². The maximum absolute atomic E-state index is 9.52. The number of hydrogen-bond donors (Lipinski definition) is 1. The van der Waals surface area contributed by atoms with Gasteiger partial charge in [-0.3, -0.25) is 9.97 Å². The fourth-order valence-electron chi connectivity index (χ4n) is 1.11. The zero-order chi connectivity index (χ0) is 9.97. The molecule has 0 aliphatic rings. The minimum absolute atomic E-state index is 0.141. The Balaban J connectivity index is 2.50. The lowest BCUT2D eigenvalue weighted by molar-refractivity contribution is 0.475. The van der Waals surface area contributed by atoms with E-state index in [4.69, 9.17) is 0 Å². The van der Waals surface area contributed by atoms with Crippen molar-refractivity contribution in [2.75, 3.05) is 0 Å². The Bertz CT molecular complexity index is 442. The molecule has 0 bridgehead atoms. The lowest BCUT2D eigenvalue weighted by Gasteiger charge is -2.01. The Labute approximate surface area is 89.6 Å². The quantitative estimate of drug-likeness (QED) is 0.847. The van der Waals surface area contributed by atoms with Crippen LogP contribution in [0.25, 0.3) is 11.4 Å². The molecule has 70 valence electrons. The summed E-state index contributed by atoms with van der Waals surface area (Å²) in [6.07, 6.45) is 3.29. The molecule has 2 rings (SSSR count). The van der Waals surface area contributed by atoms with Gasteiger partial charge in [-0.2, -0.15) is 0 Å². The predicted octanol–water partition coefficient (Wildman–Crippen LogP) is 2.61. The second-order valence-electron chi connectivity index (χ2n) is 2.73. The molecule has 0 aliphatic carbocycles. The Morgan fingerprint density at radius 1 is 1.14 bits per heavy atom. The van der Waals surface area contributed by atoms with Crippen molar-refractivity contribution < 1.29 is 5.11 Å². The molecule has 0 fully saturated rings. The summed E-state index contributed by atoms with van der Waals surface area (Å²) in [5, 5.41) is 9.52. The van der Waals surface area contributed by atoms with Crippen LogP contribution in [0.4, 0.5) is 0 Å². The highest BCUT2D eigenvalue weighted by molar-refractivity contribution is 9.10. The second kappa shape index (κ2) is 3.75. The minimum atomic E-state index is 0.141. The largest absolute Gasteiger partial charge is 0.506 e. The minimum Gasteiger partial charge on any atom is -0.506 e. The number of nitrogens with zero attached hydrogens (tertiary/aromatic N) is 2. The number of hydrogen-bond acceptors (Lipinski definition) is 3. The standard InChI is InChI=1S/C10H7BrN2O/c11-7-3-4-8(13-6-7)10-9(14)2-1-5-12-10/h1-6,14H. The molecular weight excluding hydrogens is 244 g/mol. The first-order valence-corrected chi connectivity index (χ1v) is 4.82. The van der Waals surface area contributed by atoms with E-state index in [9.17, 15) is 5.11 Å². The van der Waals surface area contributed by atoms with Gasteiger partial charge in [-0.05, 0) is 40.2 Å². The molecule has 0 saturated heterocycles. The van der Waals surface area contributed by atoms with Gasteiger partial charge in [0.2, 0.25) is 0 Å². The number of aromatic hydroxyl groups is 1. The SMILES string of the molecule is Oc1cccnc1-c1ccc(Br)cn1. The number of halogens is 1. The van der Waals surface area contributed by atoms with Crippen molar-refractivity contribution in [1.82, 2.24) is 9.97 Å². The Morgan fingerprint density at radius 2 is 2.00 bits per heavy atom. The normalized spacial score (nSPS) is 10.1. The van der Waals surface area contributed by atoms with Gasteiger partial charge in [-0.1, -0.05) is 0 Å². The van der Waals surface area contributed by atoms with Crippen molar-refractivity contribution >= 4 is 15.9 Å². The number of aromatic nitrogens is 2. The summed E-state index contributed by atoms with van der Waals surface area (Å²) < 4.78 is 0.900. The molecule has 4 heteroatoms. The van der Waals surface area contributed by atoms with Crippen LogP contribution in [0.2, 0.25) is 0 Å². The monoisotopic (exact) mass is 250 g/mol. The molecule has 2 heterocycles. The molecule has 3 nitrogen and oxygen atoms in total. The van der Waals surface area contributed by atoms with Crippen LogP contribution in [0.3, 0.4) is 0 Å². The first-order chi connectivity index (χ1) is 6.77. The highest BCUT2D eigenvalue weighted by Crippen LogP contribution is 2.24. The predicted molar refractivity (Wildman–Crippen MR) is 56.8 cm³/mol. The average molecular weight is 251 g/mol. The van der Waals surface area contributed by atoms with E-state index in [1.54, 1.807) is 30.6 Å². The van der Waals surface area contributed by atoms with Crippen molar-refractivity contribution in [2.24, 2.45) is 0 Å². The third kappa shape index (κ3) is 1.75. The molecule has 0 radical (unpaired) electrons. The first kappa shape index (κ1) is 9.15. The van der Waals surface area contributed by atoms with Crippen molar-refractivity contribution in [3.8, 4) is 17.1 Å². The van der Waals surface area contributed by atoms with Crippen molar-refractivity contribution in [1.29, 1.82) is 0 Å². The van der Waals surface area contributed by atoms with E-state index in [0.29, 0.717) is 11.4 Å². The fourth-order valence-corrected chi connectivity index (χ4v) is 1.34. The Kier molecular flexibility index (Phi) is 2.45. The fraction of sp³-hybridized carbons (Fsp3) is 0. The van der Waals surface area contributed by atoms with Gasteiger partial charge in [0, 0.05) is 16.9 Å². The molecule has 2 aromatic rings. The van der Waals surface area contributed by atoms with E-state index in [1.165, 1.54) is 0 Å². The van der Waals surface area contributed by atoms with E-state index in [1.807, 2.05) is 6.07 Å². The Hall–Kier alpha value is -1.42. The highest BCUT2D eigenvalue weighted by atomic mass is 79.9. The van der Waals surface area contributed by atoms with E-state index in [2.05, 4.69) is 25.9 Å². The van der Waals surface area contributed by atoms with E-state index in [-0.39, 0.29) is 5.75 Å². The van der Waals surface area contributed by atoms with Crippen molar-refractivity contribution in [3.63, 3.8) is 0 Å². The molecular formula is C10H7BrN2O. The van der Waals surface area contributed by atoms with Gasteiger partial charge in [0.15, 0.2) is 0 Å². The third-order valence-corrected chi connectivity index (χ3v) is 2.23. The zero-order valence-electron chi connectivity index (χ0n) is 7.18. The van der Waals surface area contributed by atoms with E-state index >= 15 is 0 Å². The molecule has 0 unspecified atom stereocenters. The molecule has 14 heavy (non-hydrogen) atoms. The molecule has 0 amide bonds. The van der Waals surface area contributed by atoms with Crippen molar-refractivity contribution in [3.05, 3.63) is 41.1 Å². The zero-order valence-corrected chi connectivity index (χ0v) is 8.77. The maximum atomic E-state index is 9.52. The summed E-state index contributed by atoms with van der Waals surface area (Å²) in [5.74, 6) is 0.141. The van der Waals surface area contributed by atoms with Gasteiger partial charge in [0.1, 0.15) is 11.4 Å². The first-order valence-electron chi connectivity index (χ1n) is 4.03. The van der Waals surface area contributed by atoms with Gasteiger partial charge in [0.25, 0.3) is 0 Å². The number of rotatable bonds is 1. The summed E-state index contributed by atoms with van der Waals surface area (Å²) in [7, 11) is 0. The van der Waals surface area contributed by atoms with Crippen LogP contribution in [-0.2, 0) is 0 Å². The summed E-state index contributed by atoms with van der Waals surface area (Å²) in [6, 6.07) is 6.92. The van der Waals surface area contributed by atoms with Gasteiger partial charge >= 0.3 is 0 Å². The summed E-state index contributed by atoms with van der Waals surface area (Å²) in [6.45, 7) is 0. The number of pyridine rings is 2. The van der Waals surface area contributed by atoms with Crippen LogP contribution in [-0.4, -0.2) is 15.1 Å². The van der Waals surface area contributed by atoms with E-state index in [0.717, 1.165) is 4.47 Å². The van der Waals surface area contributed by atoms with Crippen molar-refractivity contribution in [2.45, 2.75) is 0 Å². The van der Waals surface area contributed by atoms with Gasteiger partial charge in [-0.25, -0.2) is 0 Å². The van der Waals surface area contributed by atoms with Crippen LogP contribution >= 0.6 is 15.9 Å². The molecule has 0 atom stereocenters. The molecule has 1 N–H and O–H groups in total. The smallest absolute Gasteiger partial charge is 0.143 e. The molecule has 0 spiro atoms. The topological polar surface area (TPSA) is 46.0 Å². The summed E-state index contributed by atoms with van der Waals surface area (Å²) in [4.78, 5) is 8.19. The third-order valence-electron chi connectivity index (χ3n) is 1.76. The van der Waals surface area contributed by atoms with Crippen LogP contribution in [0.1, 0.15) is 0 Å². The lowest BCUT2D eigenvalue weighted by Crippen LogP contribution is -1.86. The molecule has 0 saturated carbocycles. The Morgan fingerprint density at radius 3 is 2.64 bits per heavy atom. The second-order valence-corrected chi connectivity index (χ2v) is 3.65. The molecule has 0 aromatic carbocycles. The van der Waals surface area contributed by atoms with Crippen LogP contribution < -0.4 is 0 Å². The summed E-state index contributed by atoms with van der Waals surface area (Å²) in [5.41, 5.74) is 1.16. The van der Waals surface area contributed by atoms with E-state index < -0.39 is 0 Å². The molecule has 2 aromatic heterocycles. The maximum Gasteiger partial charge on any atom is 0.143 e. The van der Waals surface area contributed by atoms with Crippen LogP contribution in [0.5, 0.6) is 5.75 Å². The molecule has 0 aliphatic heterocycles. The van der Waals surface area contributed by atoms with Gasteiger partial charge in [0.05, 0.1) is 5.69 Å². The lowest BCUT2D eigenvalue weighted by atomic mass is 10.2. The average Bonchev–Trinajstić information content (AvgIpc) is 2.20. The van der Waals surface area contributed by atoms with Gasteiger partial charge < -0.3 is 5.11 Å².